The maximum Gasteiger partial charge on any atom is 0.335 e. The Hall–Kier alpha value is -2.27. The molecule has 1 fully saturated rings. The van der Waals surface area contributed by atoms with Crippen LogP contribution >= 0.6 is 0 Å². The van der Waals surface area contributed by atoms with Gasteiger partial charge in [-0.25, -0.2) is 9.78 Å². The van der Waals surface area contributed by atoms with E-state index in [1.165, 1.54) is 6.42 Å². The summed E-state index contributed by atoms with van der Waals surface area (Å²) in [5, 5.41) is 9.14. The van der Waals surface area contributed by atoms with Crippen LogP contribution in [0.15, 0.2) is 36.7 Å². The molecule has 5 heteroatoms. The first-order valence-electron chi connectivity index (χ1n) is 7.97. The molecule has 0 amide bonds. The highest BCUT2D eigenvalue weighted by atomic mass is 16.4. The molecule has 5 nitrogen and oxygen atoms in total. The van der Waals surface area contributed by atoms with Gasteiger partial charge < -0.3 is 5.11 Å². The molecule has 1 aliphatic heterocycles. The maximum atomic E-state index is 11.1. The van der Waals surface area contributed by atoms with Crippen molar-refractivity contribution in [3.8, 4) is 11.3 Å². The molecule has 1 aliphatic rings. The van der Waals surface area contributed by atoms with Gasteiger partial charge in [-0.3, -0.25) is 9.88 Å². The van der Waals surface area contributed by atoms with Crippen LogP contribution in [0, 0.1) is 0 Å². The zero-order valence-electron chi connectivity index (χ0n) is 13.4. The second-order valence-electron chi connectivity index (χ2n) is 6.20. The molecule has 1 aromatic carbocycles. The van der Waals surface area contributed by atoms with Gasteiger partial charge in [0, 0.05) is 11.6 Å². The monoisotopic (exact) mass is 311 g/mol. The molecular weight excluding hydrogens is 290 g/mol. The van der Waals surface area contributed by atoms with E-state index in [2.05, 4.69) is 23.7 Å². The average Bonchev–Trinajstić information content (AvgIpc) is 3.05. The minimum atomic E-state index is -0.933. The van der Waals surface area contributed by atoms with Crippen LogP contribution in [0.2, 0.25) is 0 Å². The van der Waals surface area contributed by atoms with E-state index in [4.69, 9.17) is 10.1 Å². The minimum Gasteiger partial charge on any atom is -0.478 e. The number of benzene rings is 1. The summed E-state index contributed by atoms with van der Waals surface area (Å²) in [5.74, 6) is -0.933. The molecule has 0 bridgehead atoms. The predicted molar refractivity (Wildman–Crippen MR) is 88.2 cm³/mol. The quantitative estimate of drug-likeness (QED) is 0.937. The normalized spacial score (nSPS) is 18.5. The van der Waals surface area contributed by atoms with Crippen LogP contribution in [0.1, 0.15) is 48.8 Å². The van der Waals surface area contributed by atoms with Crippen molar-refractivity contribution in [1.82, 2.24) is 14.9 Å². The van der Waals surface area contributed by atoms with E-state index in [1.807, 2.05) is 12.3 Å². The van der Waals surface area contributed by atoms with E-state index in [0.29, 0.717) is 12.1 Å². The molecule has 2 aromatic rings. The van der Waals surface area contributed by atoms with Crippen molar-refractivity contribution < 1.29 is 9.90 Å². The molecule has 120 valence electrons. The number of carbonyl (C=O) groups is 1. The van der Waals surface area contributed by atoms with Gasteiger partial charge in [0.05, 0.1) is 35.4 Å². The van der Waals surface area contributed by atoms with Gasteiger partial charge in [0.2, 0.25) is 0 Å². The van der Waals surface area contributed by atoms with Gasteiger partial charge in [-0.1, -0.05) is 12.1 Å². The Balaban J connectivity index is 1.94. The molecule has 0 saturated carbocycles. The fraction of sp³-hybridized carbons (Fsp3) is 0.389. The highest BCUT2D eigenvalue weighted by molar-refractivity contribution is 5.89. The van der Waals surface area contributed by atoms with E-state index < -0.39 is 5.97 Å². The summed E-state index contributed by atoms with van der Waals surface area (Å²) in [6, 6.07) is 7.61. The largest absolute Gasteiger partial charge is 0.478 e. The minimum absolute atomic E-state index is 0.263. The van der Waals surface area contributed by atoms with E-state index in [9.17, 15) is 4.79 Å². The first-order valence-corrected chi connectivity index (χ1v) is 7.97. The van der Waals surface area contributed by atoms with E-state index >= 15 is 0 Å². The fourth-order valence-electron chi connectivity index (χ4n) is 3.22. The van der Waals surface area contributed by atoms with Crippen molar-refractivity contribution in [1.29, 1.82) is 0 Å². The molecule has 2 heterocycles. The van der Waals surface area contributed by atoms with Crippen LogP contribution in [0.3, 0.4) is 0 Å². The van der Waals surface area contributed by atoms with Crippen LogP contribution in [-0.4, -0.2) is 38.5 Å². The lowest BCUT2D eigenvalue weighted by atomic mass is 10.1. The van der Waals surface area contributed by atoms with E-state index in [-0.39, 0.29) is 5.56 Å². The summed E-state index contributed by atoms with van der Waals surface area (Å²) in [4.78, 5) is 22.7. The summed E-state index contributed by atoms with van der Waals surface area (Å²) in [6.07, 6.45) is 5.78. The summed E-state index contributed by atoms with van der Waals surface area (Å²) in [6.45, 7) is 5.49. The molecule has 0 spiro atoms. The lowest BCUT2D eigenvalue weighted by Crippen LogP contribution is -2.30. The Morgan fingerprint density at radius 2 is 2.17 bits per heavy atom. The maximum absolute atomic E-state index is 11.1. The number of aromatic nitrogens is 2. The van der Waals surface area contributed by atoms with Crippen LogP contribution in [0.5, 0.6) is 0 Å². The van der Waals surface area contributed by atoms with Gasteiger partial charge in [-0.15, -0.1) is 0 Å². The highest BCUT2D eigenvalue weighted by Gasteiger charge is 2.29. The number of hydrogen-bond acceptors (Lipinski definition) is 4. The molecule has 0 unspecified atom stereocenters. The number of likely N-dealkylation sites (tertiary alicyclic amines) is 1. The van der Waals surface area contributed by atoms with E-state index in [0.717, 1.165) is 29.9 Å². The lowest BCUT2D eigenvalue weighted by molar-refractivity contribution is 0.0697. The summed E-state index contributed by atoms with van der Waals surface area (Å²) in [7, 11) is 0. The van der Waals surface area contributed by atoms with Gasteiger partial charge in [-0.2, -0.15) is 0 Å². The fourth-order valence-corrected chi connectivity index (χ4v) is 3.22. The first-order chi connectivity index (χ1) is 11.1. The van der Waals surface area contributed by atoms with Crippen molar-refractivity contribution in [2.75, 3.05) is 6.54 Å². The molecule has 23 heavy (non-hydrogen) atoms. The van der Waals surface area contributed by atoms with Crippen molar-refractivity contribution in [2.45, 2.75) is 38.8 Å². The van der Waals surface area contributed by atoms with Crippen LogP contribution in [0.25, 0.3) is 11.3 Å². The van der Waals surface area contributed by atoms with Gasteiger partial charge in [0.1, 0.15) is 0 Å². The topological polar surface area (TPSA) is 66.3 Å². The third-order valence-electron chi connectivity index (χ3n) is 4.36. The number of carboxylic acids is 1. The third-order valence-corrected chi connectivity index (χ3v) is 4.36. The Kier molecular flexibility index (Phi) is 4.39. The standard InChI is InChI=1S/C18H21N3O2/c1-12(2)21-8-4-7-17(21)16-11-19-10-15(20-16)13-5-3-6-14(9-13)18(22)23/h3,5-6,9-12,17H,4,7-8H2,1-2H3,(H,22,23)/t17-/m1/s1. The zero-order chi connectivity index (χ0) is 16.4. The van der Waals surface area contributed by atoms with Gasteiger partial charge in [-0.05, 0) is 45.4 Å². The first kappa shape index (κ1) is 15.6. The molecule has 0 radical (unpaired) electrons. The van der Waals surface area contributed by atoms with Crippen LogP contribution in [-0.2, 0) is 0 Å². The Morgan fingerprint density at radius 3 is 2.91 bits per heavy atom. The average molecular weight is 311 g/mol. The third kappa shape index (κ3) is 3.24. The van der Waals surface area contributed by atoms with Crippen LogP contribution < -0.4 is 0 Å². The molecule has 0 aliphatic carbocycles. The Morgan fingerprint density at radius 1 is 1.35 bits per heavy atom. The summed E-state index contributed by atoms with van der Waals surface area (Å²) < 4.78 is 0. The zero-order valence-corrected chi connectivity index (χ0v) is 13.4. The Labute approximate surface area is 136 Å². The van der Waals surface area contributed by atoms with Crippen LogP contribution in [0.4, 0.5) is 0 Å². The van der Waals surface area contributed by atoms with Gasteiger partial charge >= 0.3 is 5.97 Å². The number of nitrogens with zero attached hydrogens (tertiary/aromatic N) is 3. The lowest BCUT2D eigenvalue weighted by Gasteiger charge is -2.27. The second-order valence-corrected chi connectivity index (χ2v) is 6.20. The molecule has 1 saturated heterocycles. The van der Waals surface area contributed by atoms with Crippen molar-refractivity contribution in [2.24, 2.45) is 0 Å². The van der Waals surface area contributed by atoms with Gasteiger partial charge in [0.25, 0.3) is 0 Å². The SMILES string of the molecule is CC(C)N1CCC[C@@H]1c1cncc(-c2cccc(C(=O)O)c2)n1. The van der Waals surface area contributed by atoms with Crippen molar-refractivity contribution in [3.63, 3.8) is 0 Å². The molecular formula is C18H21N3O2. The number of aromatic carboxylic acids is 1. The molecule has 1 aromatic heterocycles. The van der Waals surface area contributed by atoms with Crippen molar-refractivity contribution in [3.05, 3.63) is 47.9 Å². The molecule has 3 rings (SSSR count). The highest BCUT2D eigenvalue weighted by Crippen LogP contribution is 2.33. The number of hydrogen-bond donors (Lipinski definition) is 1. The van der Waals surface area contributed by atoms with Gasteiger partial charge in [0.15, 0.2) is 0 Å². The smallest absolute Gasteiger partial charge is 0.335 e. The molecule has 1 N–H and O–H groups in total. The number of carboxylic acid groups (broad SMARTS) is 1. The van der Waals surface area contributed by atoms with E-state index in [1.54, 1.807) is 24.4 Å². The second kappa shape index (κ2) is 6.46. The predicted octanol–water partition coefficient (Wildman–Crippen LogP) is 3.39. The number of rotatable bonds is 4. The summed E-state index contributed by atoms with van der Waals surface area (Å²) in [5.41, 5.74) is 2.74. The summed E-state index contributed by atoms with van der Waals surface area (Å²) >= 11 is 0. The molecule has 1 atom stereocenters. The Bertz CT molecular complexity index is 715. The van der Waals surface area contributed by atoms with Crippen molar-refractivity contribution >= 4 is 5.97 Å².